The second kappa shape index (κ2) is 7.61. The van der Waals surface area contributed by atoms with E-state index < -0.39 is 0 Å². The average Bonchev–Trinajstić information content (AvgIpc) is 2.98. The Morgan fingerprint density at radius 2 is 2.29 bits per heavy atom. The Hall–Kier alpha value is -1.47. The van der Waals surface area contributed by atoms with Gasteiger partial charge in [-0.05, 0) is 32.7 Å². The maximum absolute atomic E-state index is 12.6. The van der Waals surface area contributed by atoms with Crippen molar-refractivity contribution in [1.29, 1.82) is 0 Å². The highest BCUT2D eigenvalue weighted by Crippen LogP contribution is 2.31. The number of amides is 2. The predicted octanol–water partition coefficient (Wildman–Crippen LogP) is 1.05. The number of likely N-dealkylation sites (tertiary alicyclic amines) is 2. The van der Waals surface area contributed by atoms with Gasteiger partial charge in [0, 0.05) is 44.0 Å². The van der Waals surface area contributed by atoms with Gasteiger partial charge in [-0.1, -0.05) is 0 Å². The van der Waals surface area contributed by atoms with Gasteiger partial charge in [0.25, 0.3) is 0 Å². The van der Waals surface area contributed by atoms with E-state index in [4.69, 9.17) is 0 Å². The summed E-state index contributed by atoms with van der Waals surface area (Å²) in [4.78, 5) is 33.2. The molecule has 2 amide bonds. The number of likely N-dealkylation sites (N-methyl/N-ethyl adjacent to an activating group) is 1. The van der Waals surface area contributed by atoms with Gasteiger partial charge in [0.15, 0.2) is 0 Å². The van der Waals surface area contributed by atoms with Crippen LogP contribution in [0.1, 0.15) is 30.0 Å². The van der Waals surface area contributed by atoms with E-state index in [1.165, 1.54) is 0 Å². The van der Waals surface area contributed by atoms with Crippen LogP contribution in [0.5, 0.6) is 0 Å². The number of thiazole rings is 1. The number of nitrogens with zero attached hydrogens (tertiary/aromatic N) is 3. The number of hydrogen-bond donors (Lipinski definition) is 1. The normalized spacial score (nSPS) is 24.2. The lowest BCUT2D eigenvalue weighted by atomic mass is 9.83. The fourth-order valence-corrected chi connectivity index (χ4v) is 4.47. The molecule has 1 N–H and O–H groups in total. The molecular weight excluding hydrogens is 324 g/mol. The van der Waals surface area contributed by atoms with Crippen LogP contribution in [0.3, 0.4) is 0 Å². The Morgan fingerprint density at radius 3 is 3.00 bits per heavy atom. The van der Waals surface area contributed by atoms with Crippen LogP contribution in [0.25, 0.3) is 0 Å². The maximum Gasteiger partial charge on any atom is 0.228 e. The topological polar surface area (TPSA) is 65.5 Å². The van der Waals surface area contributed by atoms with Gasteiger partial charge >= 0.3 is 0 Å². The van der Waals surface area contributed by atoms with Gasteiger partial charge in [0.2, 0.25) is 11.8 Å². The Morgan fingerprint density at radius 1 is 1.46 bits per heavy atom. The molecular formula is C17H26N4O2S. The number of fused-ring (bicyclic) bond motifs is 1. The molecule has 1 aromatic rings. The quantitative estimate of drug-likeness (QED) is 0.862. The minimum Gasteiger partial charge on any atom is -0.342 e. The lowest BCUT2D eigenvalue weighted by molar-refractivity contribution is -0.143. The van der Waals surface area contributed by atoms with Crippen LogP contribution in [-0.4, -0.2) is 65.9 Å². The number of piperidine rings is 2. The van der Waals surface area contributed by atoms with Gasteiger partial charge in [0.1, 0.15) is 0 Å². The zero-order valence-corrected chi connectivity index (χ0v) is 15.3. The van der Waals surface area contributed by atoms with Crippen LogP contribution in [0.15, 0.2) is 5.38 Å². The summed E-state index contributed by atoms with van der Waals surface area (Å²) >= 11 is 1.59. The molecule has 0 aliphatic carbocycles. The second-order valence-electron chi connectivity index (χ2n) is 6.72. The van der Waals surface area contributed by atoms with Crippen molar-refractivity contribution in [3.63, 3.8) is 0 Å². The molecule has 24 heavy (non-hydrogen) atoms. The fourth-order valence-electron chi connectivity index (χ4n) is 3.86. The molecule has 0 bridgehead atoms. The average molecular weight is 350 g/mol. The third-order valence-corrected chi connectivity index (χ3v) is 5.92. The number of aryl methyl sites for hydroxylation is 1. The lowest BCUT2D eigenvalue weighted by Crippen LogP contribution is -2.58. The molecule has 2 aliphatic rings. The molecule has 1 aromatic heterocycles. The molecule has 0 aromatic carbocycles. The van der Waals surface area contributed by atoms with Crippen molar-refractivity contribution < 1.29 is 9.59 Å². The summed E-state index contributed by atoms with van der Waals surface area (Å²) in [6, 6.07) is 0.296. The third-order valence-electron chi connectivity index (χ3n) is 5.10. The summed E-state index contributed by atoms with van der Waals surface area (Å²) in [6.45, 7) is 5.06. The minimum absolute atomic E-state index is 0.164. The van der Waals surface area contributed by atoms with E-state index in [-0.39, 0.29) is 11.8 Å². The number of rotatable bonds is 5. The Bertz CT molecular complexity index is 603. The second-order valence-corrected chi connectivity index (χ2v) is 7.78. The van der Waals surface area contributed by atoms with E-state index in [1.807, 2.05) is 29.2 Å². The van der Waals surface area contributed by atoms with Crippen LogP contribution in [0.2, 0.25) is 0 Å². The van der Waals surface area contributed by atoms with Gasteiger partial charge in [-0.15, -0.1) is 11.3 Å². The van der Waals surface area contributed by atoms with Crippen LogP contribution in [-0.2, 0) is 16.0 Å². The molecule has 2 atom stereocenters. The van der Waals surface area contributed by atoms with Gasteiger partial charge in [-0.25, -0.2) is 4.98 Å². The highest BCUT2D eigenvalue weighted by molar-refractivity contribution is 7.09. The lowest BCUT2D eigenvalue weighted by Gasteiger charge is -2.47. The van der Waals surface area contributed by atoms with Gasteiger partial charge in [-0.2, -0.15) is 0 Å². The summed E-state index contributed by atoms with van der Waals surface area (Å²) < 4.78 is 0. The van der Waals surface area contributed by atoms with E-state index in [1.54, 1.807) is 11.3 Å². The molecule has 0 radical (unpaired) electrons. The number of carbonyl (C=O) groups is 2. The van der Waals surface area contributed by atoms with Crippen LogP contribution < -0.4 is 5.32 Å². The number of carbonyl (C=O) groups excluding carboxylic acids is 2. The van der Waals surface area contributed by atoms with Crippen molar-refractivity contribution in [3.05, 3.63) is 16.1 Å². The predicted molar refractivity (Wildman–Crippen MR) is 93.9 cm³/mol. The first-order chi connectivity index (χ1) is 11.6. The maximum atomic E-state index is 12.6. The smallest absolute Gasteiger partial charge is 0.228 e. The summed E-state index contributed by atoms with van der Waals surface area (Å²) in [6.07, 6.45) is 2.80. The van der Waals surface area contributed by atoms with Crippen molar-refractivity contribution in [1.82, 2.24) is 20.1 Å². The SMILES string of the molecule is CNCCN1C(=O)CC[C@H]2CN(C(=O)Cc3csc(C)n3)CC[C@H]21. The van der Waals surface area contributed by atoms with Crippen molar-refractivity contribution >= 4 is 23.2 Å². The molecule has 0 spiro atoms. The third kappa shape index (κ3) is 3.78. The zero-order valence-electron chi connectivity index (χ0n) is 14.5. The van der Waals surface area contributed by atoms with Crippen LogP contribution in [0.4, 0.5) is 0 Å². The fraction of sp³-hybridized carbons (Fsp3) is 0.706. The van der Waals surface area contributed by atoms with Crippen LogP contribution in [0, 0.1) is 12.8 Å². The summed E-state index contributed by atoms with van der Waals surface area (Å²) in [5, 5.41) is 6.10. The van der Waals surface area contributed by atoms with E-state index in [0.29, 0.717) is 24.8 Å². The molecule has 2 saturated heterocycles. The first-order valence-corrected chi connectivity index (χ1v) is 9.59. The number of nitrogens with one attached hydrogen (secondary N) is 1. The Kier molecular flexibility index (Phi) is 5.50. The monoisotopic (exact) mass is 350 g/mol. The molecule has 0 saturated carbocycles. The van der Waals surface area contributed by atoms with E-state index in [0.717, 1.165) is 49.7 Å². The van der Waals surface area contributed by atoms with Gasteiger partial charge < -0.3 is 15.1 Å². The zero-order chi connectivity index (χ0) is 17.1. The van der Waals surface area contributed by atoms with E-state index >= 15 is 0 Å². The summed E-state index contributed by atoms with van der Waals surface area (Å²) in [5.74, 6) is 0.844. The summed E-state index contributed by atoms with van der Waals surface area (Å²) in [7, 11) is 1.91. The largest absolute Gasteiger partial charge is 0.342 e. The highest BCUT2D eigenvalue weighted by atomic mass is 32.1. The van der Waals surface area contributed by atoms with Crippen LogP contribution >= 0.6 is 11.3 Å². The van der Waals surface area contributed by atoms with Crippen molar-refractivity contribution in [2.45, 2.75) is 38.6 Å². The Labute approximate surface area is 147 Å². The van der Waals surface area contributed by atoms with Gasteiger partial charge in [0.05, 0.1) is 17.1 Å². The molecule has 6 nitrogen and oxygen atoms in total. The summed E-state index contributed by atoms with van der Waals surface area (Å²) in [5.41, 5.74) is 0.874. The van der Waals surface area contributed by atoms with Crippen molar-refractivity contribution in [2.24, 2.45) is 5.92 Å². The number of hydrogen-bond acceptors (Lipinski definition) is 5. The van der Waals surface area contributed by atoms with Crippen molar-refractivity contribution in [3.8, 4) is 0 Å². The molecule has 132 valence electrons. The standard InChI is InChI=1S/C17H26N4O2S/c1-12-19-14(11-24-12)9-17(23)20-7-5-15-13(10-20)3-4-16(22)21(15)8-6-18-2/h11,13,15,18H,3-10H2,1-2H3/t13-,15+/m0/s1. The molecule has 3 rings (SSSR count). The Balaban J connectivity index is 1.59. The molecule has 0 unspecified atom stereocenters. The number of aromatic nitrogens is 1. The first kappa shape index (κ1) is 17.4. The minimum atomic E-state index is 0.164. The van der Waals surface area contributed by atoms with E-state index in [2.05, 4.69) is 10.3 Å². The molecule has 2 fully saturated rings. The van der Waals surface area contributed by atoms with E-state index in [9.17, 15) is 9.59 Å². The van der Waals surface area contributed by atoms with Gasteiger partial charge in [-0.3, -0.25) is 9.59 Å². The first-order valence-electron chi connectivity index (χ1n) is 8.71. The molecule has 7 heteroatoms. The van der Waals surface area contributed by atoms with Crippen molar-refractivity contribution in [2.75, 3.05) is 33.2 Å². The highest BCUT2D eigenvalue weighted by Gasteiger charge is 2.39. The molecule has 3 heterocycles. The molecule has 2 aliphatic heterocycles.